The van der Waals surface area contributed by atoms with E-state index in [2.05, 4.69) is 36.9 Å². The Morgan fingerprint density at radius 1 is 1.17 bits per heavy atom. The summed E-state index contributed by atoms with van der Waals surface area (Å²) in [7, 11) is 1.66. The van der Waals surface area contributed by atoms with Crippen LogP contribution in [0.25, 0.3) is 10.9 Å². The molecule has 2 heterocycles. The zero-order valence-corrected chi connectivity index (χ0v) is 14.8. The topological polar surface area (TPSA) is 47.5 Å². The second kappa shape index (κ2) is 6.28. The molecule has 1 aliphatic rings. The van der Waals surface area contributed by atoms with Crippen molar-refractivity contribution in [3.05, 3.63) is 52.8 Å². The number of ether oxygens (including phenoxy) is 2. The predicted octanol–water partition coefficient (Wildman–Crippen LogP) is 3.80. The van der Waals surface area contributed by atoms with Crippen molar-refractivity contribution in [2.45, 2.75) is 6.54 Å². The molecule has 1 aliphatic heterocycles. The van der Waals surface area contributed by atoms with Crippen LogP contribution in [0.5, 0.6) is 11.5 Å². The number of benzene rings is 2. The summed E-state index contributed by atoms with van der Waals surface area (Å²) in [6.07, 6.45) is 1.61. The van der Waals surface area contributed by atoms with Crippen molar-refractivity contribution in [3.8, 4) is 11.5 Å². The second-order valence-corrected chi connectivity index (χ2v) is 6.52. The van der Waals surface area contributed by atoms with Crippen LogP contribution in [0.2, 0.25) is 0 Å². The van der Waals surface area contributed by atoms with Crippen LogP contribution < -0.4 is 14.4 Å². The lowest BCUT2D eigenvalue weighted by atomic mass is 10.1. The van der Waals surface area contributed by atoms with Crippen molar-refractivity contribution in [2.75, 3.05) is 25.2 Å². The summed E-state index contributed by atoms with van der Waals surface area (Å²) in [4.78, 5) is 11.1. The van der Waals surface area contributed by atoms with Crippen LogP contribution in [0.15, 0.2) is 47.2 Å². The van der Waals surface area contributed by atoms with E-state index in [1.54, 1.807) is 13.4 Å². The van der Waals surface area contributed by atoms with Crippen molar-refractivity contribution >= 4 is 32.7 Å². The Morgan fingerprint density at radius 2 is 2.08 bits per heavy atom. The van der Waals surface area contributed by atoms with Gasteiger partial charge in [0.05, 0.1) is 19.2 Å². The van der Waals surface area contributed by atoms with Gasteiger partial charge < -0.3 is 14.4 Å². The third kappa shape index (κ3) is 2.78. The Hall–Kier alpha value is -2.34. The number of anilines is 1. The van der Waals surface area contributed by atoms with Gasteiger partial charge in [-0.3, -0.25) is 0 Å². The highest BCUT2D eigenvalue weighted by atomic mass is 79.9. The van der Waals surface area contributed by atoms with E-state index in [9.17, 15) is 0 Å². The van der Waals surface area contributed by atoms with E-state index in [0.29, 0.717) is 6.61 Å². The third-order valence-electron chi connectivity index (χ3n) is 4.12. The molecule has 0 saturated carbocycles. The molecule has 24 heavy (non-hydrogen) atoms. The summed E-state index contributed by atoms with van der Waals surface area (Å²) in [6.45, 7) is 2.11. The van der Waals surface area contributed by atoms with Crippen LogP contribution in [0.3, 0.4) is 0 Å². The average molecular weight is 386 g/mol. The molecule has 122 valence electrons. The summed E-state index contributed by atoms with van der Waals surface area (Å²) < 4.78 is 12.3. The molecular formula is C18H16BrN3O2. The molecule has 2 aromatic carbocycles. The van der Waals surface area contributed by atoms with E-state index < -0.39 is 0 Å². The molecule has 0 bridgehead atoms. The maximum atomic E-state index is 5.88. The summed E-state index contributed by atoms with van der Waals surface area (Å²) in [5.74, 6) is 2.62. The molecule has 0 aliphatic carbocycles. The molecule has 6 heteroatoms. The minimum absolute atomic E-state index is 0.615. The second-order valence-electron chi connectivity index (χ2n) is 5.60. The monoisotopic (exact) mass is 385 g/mol. The number of fused-ring (bicyclic) bond motifs is 2. The van der Waals surface area contributed by atoms with Gasteiger partial charge in [0, 0.05) is 22.0 Å². The van der Waals surface area contributed by atoms with Crippen molar-refractivity contribution in [1.29, 1.82) is 0 Å². The number of hydrogen-bond donors (Lipinski definition) is 0. The van der Waals surface area contributed by atoms with E-state index in [-0.39, 0.29) is 0 Å². The van der Waals surface area contributed by atoms with E-state index in [1.165, 1.54) is 0 Å². The lowest BCUT2D eigenvalue weighted by Gasteiger charge is -2.22. The SMILES string of the molecule is COc1ccc2ncnc(N3CCOc4ccc(Br)cc4C3)c2c1. The van der Waals surface area contributed by atoms with E-state index in [4.69, 9.17) is 9.47 Å². The smallest absolute Gasteiger partial charge is 0.140 e. The number of methoxy groups -OCH3 is 1. The molecule has 5 nitrogen and oxygen atoms in total. The van der Waals surface area contributed by atoms with Crippen LogP contribution in [-0.4, -0.2) is 30.2 Å². The lowest BCUT2D eigenvalue weighted by Crippen LogP contribution is -2.26. The van der Waals surface area contributed by atoms with Crippen LogP contribution in [0.4, 0.5) is 5.82 Å². The van der Waals surface area contributed by atoms with Gasteiger partial charge in [-0.05, 0) is 36.4 Å². The molecule has 4 rings (SSSR count). The van der Waals surface area contributed by atoms with Crippen molar-refractivity contribution in [2.24, 2.45) is 0 Å². The van der Waals surface area contributed by atoms with Gasteiger partial charge in [0.15, 0.2) is 0 Å². The van der Waals surface area contributed by atoms with Crippen LogP contribution in [-0.2, 0) is 6.54 Å². The fraction of sp³-hybridized carbons (Fsp3) is 0.222. The van der Waals surface area contributed by atoms with Gasteiger partial charge in [0.25, 0.3) is 0 Å². The first-order valence-electron chi connectivity index (χ1n) is 7.69. The van der Waals surface area contributed by atoms with E-state index in [1.807, 2.05) is 30.3 Å². The molecule has 0 saturated heterocycles. The lowest BCUT2D eigenvalue weighted by molar-refractivity contribution is 0.331. The molecule has 0 radical (unpaired) electrons. The minimum atomic E-state index is 0.615. The standard InChI is InChI=1S/C18H16BrN3O2/c1-23-14-3-4-16-15(9-14)18(21-11-20-16)22-6-7-24-17-5-2-13(19)8-12(17)10-22/h2-5,8-9,11H,6-7,10H2,1H3. The van der Waals surface area contributed by atoms with E-state index in [0.717, 1.165) is 51.3 Å². The van der Waals surface area contributed by atoms with Gasteiger partial charge in [-0.15, -0.1) is 0 Å². The fourth-order valence-electron chi connectivity index (χ4n) is 2.94. The Kier molecular flexibility index (Phi) is 3.98. The molecule has 0 unspecified atom stereocenters. The normalized spacial score (nSPS) is 14.0. The molecule has 0 amide bonds. The van der Waals surface area contributed by atoms with Crippen LogP contribution in [0, 0.1) is 0 Å². The van der Waals surface area contributed by atoms with Gasteiger partial charge in [-0.25, -0.2) is 9.97 Å². The predicted molar refractivity (Wildman–Crippen MR) is 96.8 cm³/mol. The number of aromatic nitrogens is 2. The molecule has 1 aromatic heterocycles. The van der Waals surface area contributed by atoms with Gasteiger partial charge in [-0.1, -0.05) is 15.9 Å². The van der Waals surface area contributed by atoms with Gasteiger partial charge in [0.1, 0.15) is 30.3 Å². The van der Waals surface area contributed by atoms with Crippen molar-refractivity contribution < 1.29 is 9.47 Å². The Bertz CT molecular complexity index is 901. The quantitative estimate of drug-likeness (QED) is 0.671. The number of halogens is 1. The molecule has 0 spiro atoms. The first-order valence-corrected chi connectivity index (χ1v) is 8.49. The third-order valence-corrected chi connectivity index (χ3v) is 4.62. The zero-order valence-electron chi connectivity index (χ0n) is 13.2. The molecular weight excluding hydrogens is 370 g/mol. The van der Waals surface area contributed by atoms with E-state index >= 15 is 0 Å². The first kappa shape index (κ1) is 15.2. The number of nitrogens with zero attached hydrogens (tertiary/aromatic N) is 3. The maximum absolute atomic E-state index is 5.88. The van der Waals surface area contributed by atoms with Crippen LogP contribution >= 0.6 is 15.9 Å². The van der Waals surface area contributed by atoms with Crippen molar-refractivity contribution in [1.82, 2.24) is 9.97 Å². The molecule has 3 aromatic rings. The number of rotatable bonds is 2. The Morgan fingerprint density at radius 3 is 2.96 bits per heavy atom. The van der Waals surface area contributed by atoms with Gasteiger partial charge in [0.2, 0.25) is 0 Å². The van der Waals surface area contributed by atoms with Crippen molar-refractivity contribution in [3.63, 3.8) is 0 Å². The summed E-state index contributed by atoms with van der Waals surface area (Å²) >= 11 is 3.53. The molecule has 0 atom stereocenters. The Labute approximate surface area is 148 Å². The highest BCUT2D eigenvalue weighted by Gasteiger charge is 2.19. The average Bonchev–Trinajstić information content (AvgIpc) is 2.82. The molecule has 0 N–H and O–H groups in total. The summed E-state index contributed by atoms with van der Waals surface area (Å²) in [5.41, 5.74) is 2.04. The first-order chi connectivity index (χ1) is 11.7. The largest absolute Gasteiger partial charge is 0.497 e. The highest BCUT2D eigenvalue weighted by Crippen LogP contribution is 2.32. The number of hydrogen-bond acceptors (Lipinski definition) is 5. The molecule has 0 fully saturated rings. The minimum Gasteiger partial charge on any atom is -0.497 e. The maximum Gasteiger partial charge on any atom is 0.140 e. The Balaban J connectivity index is 1.79. The summed E-state index contributed by atoms with van der Waals surface area (Å²) in [5, 5.41) is 0.982. The fourth-order valence-corrected chi connectivity index (χ4v) is 3.35. The van der Waals surface area contributed by atoms with Gasteiger partial charge in [-0.2, -0.15) is 0 Å². The van der Waals surface area contributed by atoms with Crippen LogP contribution in [0.1, 0.15) is 5.56 Å². The zero-order chi connectivity index (χ0) is 16.5. The highest BCUT2D eigenvalue weighted by molar-refractivity contribution is 9.10. The van der Waals surface area contributed by atoms with Gasteiger partial charge >= 0.3 is 0 Å². The summed E-state index contributed by atoms with van der Waals surface area (Å²) in [6, 6.07) is 12.0.